The Morgan fingerprint density at radius 2 is 1.25 bits per heavy atom. The van der Waals surface area contributed by atoms with Crippen molar-refractivity contribution in [1.29, 1.82) is 0 Å². The van der Waals surface area contributed by atoms with Gasteiger partial charge >= 0.3 is 0 Å². The smallest absolute Gasteiger partial charge is 0.182 e. The van der Waals surface area contributed by atoms with Gasteiger partial charge in [0.25, 0.3) is 0 Å². The van der Waals surface area contributed by atoms with Crippen molar-refractivity contribution in [2.45, 2.75) is 12.8 Å². The summed E-state index contributed by atoms with van der Waals surface area (Å²) in [6.45, 7) is 0. The van der Waals surface area contributed by atoms with Crippen LogP contribution in [0.3, 0.4) is 0 Å². The fourth-order valence-corrected chi connectivity index (χ4v) is 1.51. The van der Waals surface area contributed by atoms with Gasteiger partial charge in [0, 0.05) is 11.1 Å². The first-order valence-electron chi connectivity index (χ1n) is 3.93. The third-order valence-corrected chi connectivity index (χ3v) is 2.14. The molecule has 2 heteroatoms. The second kappa shape index (κ2) is 2.55. The number of hydrogen-bond acceptors (Lipinski definition) is 2. The van der Waals surface area contributed by atoms with E-state index in [1.54, 1.807) is 24.3 Å². The van der Waals surface area contributed by atoms with Gasteiger partial charge in [-0.3, -0.25) is 9.59 Å². The predicted molar refractivity (Wildman–Crippen MR) is 44.6 cm³/mol. The highest BCUT2D eigenvalue weighted by atomic mass is 16.1. The van der Waals surface area contributed by atoms with E-state index in [4.69, 9.17) is 0 Å². The molecule has 0 saturated heterocycles. The van der Waals surface area contributed by atoms with E-state index in [0.29, 0.717) is 24.0 Å². The topological polar surface area (TPSA) is 34.1 Å². The van der Waals surface area contributed by atoms with Gasteiger partial charge in [-0.2, -0.15) is 0 Å². The Morgan fingerprint density at radius 1 is 0.833 bits per heavy atom. The zero-order valence-corrected chi connectivity index (χ0v) is 6.54. The van der Waals surface area contributed by atoms with E-state index in [0.717, 1.165) is 0 Å². The van der Waals surface area contributed by atoms with Gasteiger partial charge in [-0.25, -0.2) is 0 Å². The van der Waals surface area contributed by atoms with Crippen molar-refractivity contribution < 1.29 is 9.59 Å². The van der Waals surface area contributed by atoms with E-state index >= 15 is 0 Å². The molecule has 2 aliphatic carbocycles. The van der Waals surface area contributed by atoms with E-state index in [9.17, 15) is 9.59 Å². The summed E-state index contributed by atoms with van der Waals surface area (Å²) in [4.78, 5) is 22.5. The van der Waals surface area contributed by atoms with Crippen molar-refractivity contribution in [3.63, 3.8) is 0 Å². The summed E-state index contributed by atoms with van der Waals surface area (Å²) in [5.41, 5.74) is 1.37. The molecule has 60 valence electrons. The first kappa shape index (κ1) is 7.22. The molecule has 0 amide bonds. The van der Waals surface area contributed by atoms with Crippen molar-refractivity contribution in [1.82, 2.24) is 0 Å². The zero-order chi connectivity index (χ0) is 8.55. The Morgan fingerprint density at radius 3 is 1.67 bits per heavy atom. The van der Waals surface area contributed by atoms with Gasteiger partial charge in [0.05, 0.1) is 0 Å². The second-order valence-corrected chi connectivity index (χ2v) is 2.90. The first-order valence-corrected chi connectivity index (χ1v) is 3.93. The molecule has 0 radical (unpaired) electrons. The molecule has 0 aromatic heterocycles. The van der Waals surface area contributed by atoms with E-state index < -0.39 is 0 Å². The lowest BCUT2D eigenvalue weighted by Crippen LogP contribution is -2.14. The fourth-order valence-electron chi connectivity index (χ4n) is 1.51. The summed E-state index contributed by atoms with van der Waals surface area (Å²) < 4.78 is 0. The highest BCUT2D eigenvalue weighted by Gasteiger charge is 2.21. The van der Waals surface area contributed by atoms with Gasteiger partial charge in [0.15, 0.2) is 11.6 Å². The number of allylic oxidation sites excluding steroid dienone is 6. The maximum atomic E-state index is 11.2. The van der Waals surface area contributed by atoms with E-state index in [2.05, 4.69) is 0 Å². The molecule has 0 atom stereocenters. The van der Waals surface area contributed by atoms with Gasteiger partial charge < -0.3 is 0 Å². The average Bonchev–Trinajstić information content (AvgIpc) is 2.07. The highest BCUT2D eigenvalue weighted by Crippen LogP contribution is 2.24. The minimum atomic E-state index is -0.00560. The normalized spacial score (nSPS) is 21.7. The Bertz CT molecular complexity index is 309. The van der Waals surface area contributed by atoms with Gasteiger partial charge in [0.2, 0.25) is 0 Å². The van der Waals surface area contributed by atoms with Crippen molar-refractivity contribution in [2.75, 3.05) is 0 Å². The molecule has 0 aromatic rings. The second-order valence-electron chi connectivity index (χ2n) is 2.90. The fraction of sp³-hybridized carbons (Fsp3) is 0.200. The molecule has 0 heterocycles. The summed E-state index contributed by atoms with van der Waals surface area (Å²) >= 11 is 0. The molecule has 12 heavy (non-hydrogen) atoms. The Labute approximate surface area is 70.3 Å². The quantitative estimate of drug-likeness (QED) is 0.536. The molecular weight excluding hydrogens is 152 g/mol. The highest BCUT2D eigenvalue weighted by molar-refractivity contribution is 6.16. The van der Waals surface area contributed by atoms with E-state index in [-0.39, 0.29) is 11.6 Å². The largest absolute Gasteiger partial charge is 0.290 e. The standard InChI is InChI=1S/C10H8O2/c11-9-5-1-3-7-8(9)4-2-6-10(7)12/h1-2,5-6H,3-4H2. The molecule has 0 saturated carbocycles. The maximum Gasteiger partial charge on any atom is 0.182 e. The average molecular weight is 160 g/mol. The summed E-state index contributed by atoms with van der Waals surface area (Å²) in [5, 5.41) is 0. The maximum absolute atomic E-state index is 11.2. The lowest BCUT2D eigenvalue weighted by Gasteiger charge is -2.14. The molecule has 0 aliphatic heterocycles. The Kier molecular flexibility index (Phi) is 1.54. The van der Waals surface area contributed by atoms with E-state index in [1.165, 1.54) is 0 Å². The molecule has 2 rings (SSSR count). The lowest BCUT2D eigenvalue weighted by atomic mass is 9.87. The molecule has 0 fully saturated rings. The van der Waals surface area contributed by atoms with Crippen LogP contribution in [-0.4, -0.2) is 11.6 Å². The Balaban J connectivity index is 2.44. The van der Waals surface area contributed by atoms with Crippen LogP contribution in [0.15, 0.2) is 35.5 Å². The molecule has 0 N–H and O–H groups in total. The lowest BCUT2D eigenvalue weighted by molar-refractivity contribution is -0.114. The summed E-state index contributed by atoms with van der Waals surface area (Å²) in [5.74, 6) is -0.0112. The van der Waals surface area contributed by atoms with E-state index in [1.807, 2.05) is 0 Å². The van der Waals surface area contributed by atoms with Crippen LogP contribution in [0.1, 0.15) is 12.8 Å². The van der Waals surface area contributed by atoms with Crippen LogP contribution in [0.25, 0.3) is 0 Å². The van der Waals surface area contributed by atoms with Gasteiger partial charge in [0.1, 0.15) is 0 Å². The zero-order valence-electron chi connectivity index (χ0n) is 6.54. The minimum Gasteiger partial charge on any atom is -0.290 e. The summed E-state index contributed by atoms with van der Waals surface area (Å²) in [6, 6.07) is 0. The number of carbonyl (C=O) groups is 2. The van der Waals surface area contributed by atoms with Crippen LogP contribution in [0.5, 0.6) is 0 Å². The summed E-state index contributed by atoms with van der Waals surface area (Å²) in [6.07, 6.45) is 7.82. The van der Waals surface area contributed by atoms with Crippen LogP contribution >= 0.6 is 0 Å². The van der Waals surface area contributed by atoms with Gasteiger partial charge in [-0.1, -0.05) is 12.2 Å². The number of ketones is 2. The van der Waals surface area contributed by atoms with Crippen LogP contribution in [0, 0.1) is 0 Å². The monoisotopic (exact) mass is 160 g/mol. The van der Waals surface area contributed by atoms with Crippen LogP contribution in [0.2, 0.25) is 0 Å². The molecular formula is C10H8O2. The van der Waals surface area contributed by atoms with Crippen LogP contribution < -0.4 is 0 Å². The number of carbonyl (C=O) groups excluding carboxylic acids is 2. The van der Waals surface area contributed by atoms with Gasteiger partial charge in [-0.15, -0.1) is 0 Å². The molecule has 0 spiro atoms. The van der Waals surface area contributed by atoms with Gasteiger partial charge in [-0.05, 0) is 25.0 Å². The van der Waals surface area contributed by atoms with Crippen molar-refractivity contribution in [2.24, 2.45) is 0 Å². The number of rotatable bonds is 0. The molecule has 2 nitrogen and oxygen atoms in total. The van der Waals surface area contributed by atoms with Crippen LogP contribution in [-0.2, 0) is 9.59 Å². The predicted octanol–water partition coefficient (Wildman–Crippen LogP) is 1.34. The third kappa shape index (κ3) is 0.961. The third-order valence-electron chi connectivity index (χ3n) is 2.14. The number of hydrogen-bond donors (Lipinski definition) is 0. The molecule has 0 aromatic carbocycles. The van der Waals surface area contributed by atoms with Crippen LogP contribution in [0.4, 0.5) is 0 Å². The Hall–Kier alpha value is -1.44. The molecule has 0 bridgehead atoms. The van der Waals surface area contributed by atoms with Crippen molar-refractivity contribution >= 4 is 11.6 Å². The molecule has 0 unspecified atom stereocenters. The van der Waals surface area contributed by atoms with Crippen molar-refractivity contribution in [3.05, 3.63) is 35.5 Å². The summed E-state index contributed by atoms with van der Waals surface area (Å²) in [7, 11) is 0. The van der Waals surface area contributed by atoms with Crippen molar-refractivity contribution in [3.8, 4) is 0 Å². The minimum absolute atomic E-state index is 0.00560. The molecule has 2 aliphatic rings. The first-order chi connectivity index (χ1) is 5.79. The SMILES string of the molecule is O=C1C=CCC2=C1CC=CC2=O.